The van der Waals surface area contributed by atoms with Crippen molar-refractivity contribution in [2.24, 2.45) is 11.7 Å². The molecule has 0 aromatic heterocycles. The van der Waals surface area contributed by atoms with Crippen LogP contribution in [0.15, 0.2) is 24.3 Å². The maximum atomic E-state index is 12.5. The molecule has 0 radical (unpaired) electrons. The molecule has 1 unspecified atom stereocenters. The summed E-state index contributed by atoms with van der Waals surface area (Å²) >= 11 is 0. The van der Waals surface area contributed by atoms with Crippen molar-refractivity contribution in [2.45, 2.75) is 44.2 Å². The summed E-state index contributed by atoms with van der Waals surface area (Å²) in [6.07, 6.45) is 1.71. The summed E-state index contributed by atoms with van der Waals surface area (Å²) < 4.78 is 37.6. The van der Waals surface area contributed by atoms with Crippen molar-refractivity contribution >= 4 is 0 Å². The van der Waals surface area contributed by atoms with Gasteiger partial charge in [0.05, 0.1) is 5.56 Å². The molecule has 106 valence electrons. The molecule has 1 aromatic carbocycles. The number of hydrogen-bond donors (Lipinski definition) is 1. The summed E-state index contributed by atoms with van der Waals surface area (Å²) in [5, 5.41) is 0. The number of rotatable bonds is 3. The summed E-state index contributed by atoms with van der Waals surface area (Å²) in [6, 6.07) is 5.52. The van der Waals surface area contributed by atoms with E-state index in [2.05, 4.69) is 0 Å². The lowest BCUT2D eigenvalue weighted by Gasteiger charge is -2.30. The van der Waals surface area contributed by atoms with E-state index in [1.807, 2.05) is 0 Å². The fourth-order valence-electron chi connectivity index (χ4n) is 3.06. The van der Waals surface area contributed by atoms with Crippen LogP contribution in [0.5, 0.6) is 0 Å². The number of benzene rings is 1. The smallest absolute Gasteiger partial charge is 0.330 e. The highest BCUT2D eigenvalue weighted by molar-refractivity contribution is 5.28. The first-order valence-corrected chi connectivity index (χ1v) is 6.89. The van der Waals surface area contributed by atoms with Gasteiger partial charge in [-0.2, -0.15) is 13.2 Å². The highest BCUT2D eigenvalue weighted by Gasteiger charge is 2.31. The molecule has 1 aromatic rings. The second-order valence-corrected chi connectivity index (χ2v) is 5.36. The molecule has 0 amide bonds. The van der Waals surface area contributed by atoms with Gasteiger partial charge in [-0.15, -0.1) is 0 Å². The van der Waals surface area contributed by atoms with Crippen LogP contribution in [0.4, 0.5) is 13.2 Å². The highest BCUT2D eigenvalue weighted by Crippen LogP contribution is 2.36. The third-order valence-corrected chi connectivity index (χ3v) is 4.14. The van der Waals surface area contributed by atoms with E-state index in [9.17, 15) is 13.2 Å². The summed E-state index contributed by atoms with van der Waals surface area (Å²) in [5.74, 6) is 0.720. The molecule has 1 fully saturated rings. The first kappa shape index (κ1) is 14.4. The molecule has 1 saturated carbocycles. The Morgan fingerprint density at radius 2 is 1.63 bits per heavy atom. The fraction of sp³-hybridized carbons (Fsp3) is 0.600. The Hall–Kier alpha value is -1.03. The van der Waals surface area contributed by atoms with E-state index in [0.717, 1.165) is 18.4 Å². The van der Waals surface area contributed by atoms with Crippen molar-refractivity contribution in [3.05, 3.63) is 35.4 Å². The number of alkyl halides is 3. The van der Waals surface area contributed by atoms with Crippen molar-refractivity contribution in [1.82, 2.24) is 0 Å². The van der Waals surface area contributed by atoms with E-state index < -0.39 is 11.7 Å². The van der Waals surface area contributed by atoms with Crippen LogP contribution in [0, 0.1) is 5.92 Å². The molecule has 0 saturated heterocycles. The third-order valence-electron chi connectivity index (χ3n) is 4.14. The van der Waals surface area contributed by atoms with Crippen LogP contribution >= 0.6 is 0 Å². The molecule has 1 aliphatic rings. The minimum Gasteiger partial charge on any atom is -0.330 e. The Labute approximate surface area is 112 Å². The first-order chi connectivity index (χ1) is 9.02. The molecular formula is C15H20F3N. The quantitative estimate of drug-likeness (QED) is 0.870. The highest BCUT2D eigenvalue weighted by atomic mass is 19.4. The Bertz CT molecular complexity index is 391. The van der Waals surface area contributed by atoms with E-state index in [1.165, 1.54) is 31.4 Å². The zero-order valence-corrected chi connectivity index (χ0v) is 10.9. The molecule has 2 N–H and O–H groups in total. The van der Waals surface area contributed by atoms with Crippen molar-refractivity contribution in [1.29, 1.82) is 0 Å². The molecule has 1 aliphatic carbocycles. The van der Waals surface area contributed by atoms with Gasteiger partial charge in [-0.05, 0) is 48.9 Å². The average molecular weight is 271 g/mol. The van der Waals surface area contributed by atoms with Gasteiger partial charge < -0.3 is 5.73 Å². The van der Waals surface area contributed by atoms with Crippen molar-refractivity contribution in [2.75, 3.05) is 6.54 Å². The zero-order valence-electron chi connectivity index (χ0n) is 10.9. The predicted molar refractivity (Wildman–Crippen MR) is 69.8 cm³/mol. The van der Waals surface area contributed by atoms with Crippen molar-refractivity contribution in [3.8, 4) is 0 Å². The molecule has 19 heavy (non-hydrogen) atoms. The lowest BCUT2D eigenvalue weighted by molar-refractivity contribution is -0.137. The molecular weight excluding hydrogens is 251 g/mol. The van der Waals surface area contributed by atoms with Crippen molar-refractivity contribution < 1.29 is 13.2 Å². The van der Waals surface area contributed by atoms with E-state index in [4.69, 9.17) is 5.73 Å². The molecule has 0 spiro atoms. The number of nitrogens with two attached hydrogens (primary N) is 1. The van der Waals surface area contributed by atoms with Crippen LogP contribution in [0.1, 0.15) is 49.1 Å². The van der Waals surface area contributed by atoms with Gasteiger partial charge in [-0.1, -0.05) is 31.4 Å². The van der Waals surface area contributed by atoms with Gasteiger partial charge in [0.2, 0.25) is 0 Å². The standard InChI is InChI=1S/C15H20F3N/c16-15(17,18)13-8-6-12(7-9-13)14(10-19)11-4-2-1-3-5-11/h6-9,11,14H,1-5,10,19H2. The largest absolute Gasteiger partial charge is 0.416 e. The van der Waals surface area contributed by atoms with Gasteiger partial charge in [0.25, 0.3) is 0 Å². The van der Waals surface area contributed by atoms with E-state index in [1.54, 1.807) is 12.1 Å². The van der Waals surface area contributed by atoms with Crippen LogP contribution < -0.4 is 5.73 Å². The van der Waals surface area contributed by atoms with Gasteiger partial charge in [0.1, 0.15) is 0 Å². The summed E-state index contributed by atoms with van der Waals surface area (Å²) in [6.45, 7) is 0.510. The predicted octanol–water partition coefficient (Wildman–Crippen LogP) is 4.33. The van der Waals surface area contributed by atoms with Gasteiger partial charge >= 0.3 is 6.18 Å². The average Bonchev–Trinajstić information content (AvgIpc) is 2.40. The van der Waals surface area contributed by atoms with Crippen LogP contribution in [-0.2, 0) is 6.18 Å². The normalized spacial score (nSPS) is 19.4. The lowest BCUT2D eigenvalue weighted by atomic mass is 9.77. The molecule has 1 atom stereocenters. The Kier molecular flexibility index (Phi) is 4.50. The second kappa shape index (κ2) is 5.95. The first-order valence-electron chi connectivity index (χ1n) is 6.89. The van der Waals surface area contributed by atoms with Crippen molar-refractivity contribution in [3.63, 3.8) is 0 Å². The van der Waals surface area contributed by atoms with Gasteiger partial charge in [-0.25, -0.2) is 0 Å². The van der Waals surface area contributed by atoms with Crippen LogP contribution in [0.3, 0.4) is 0 Å². The van der Waals surface area contributed by atoms with Gasteiger partial charge in [0.15, 0.2) is 0 Å². The minimum absolute atomic E-state index is 0.197. The number of halogens is 3. The zero-order chi connectivity index (χ0) is 13.9. The van der Waals surface area contributed by atoms with E-state index in [0.29, 0.717) is 12.5 Å². The maximum Gasteiger partial charge on any atom is 0.416 e. The summed E-state index contributed by atoms with van der Waals surface area (Å²) in [7, 11) is 0. The summed E-state index contributed by atoms with van der Waals surface area (Å²) in [4.78, 5) is 0. The van der Waals surface area contributed by atoms with E-state index >= 15 is 0 Å². The molecule has 0 bridgehead atoms. The SMILES string of the molecule is NCC(c1ccc(C(F)(F)F)cc1)C1CCCCC1. The van der Waals surface area contributed by atoms with Crippen LogP contribution in [-0.4, -0.2) is 6.54 Å². The second-order valence-electron chi connectivity index (χ2n) is 5.36. The Balaban J connectivity index is 2.14. The van der Waals surface area contributed by atoms with E-state index in [-0.39, 0.29) is 5.92 Å². The number of hydrogen-bond acceptors (Lipinski definition) is 1. The fourth-order valence-corrected chi connectivity index (χ4v) is 3.06. The topological polar surface area (TPSA) is 26.0 Å². The molecule has 2 rings (SSSR count). The van der Waals surface area contributed by atoms with Crippen LogP contribution in [0.25, 0.3) is 0 Å². The lowest BCUT2D eigenvalue weighted by Crippen LogP contribution is -2.23. The maximum absolute atomic E-state index is 12.5. The molecule has 1 nitrogen and oxygen atoms in total. The summed E-state index contributed by atoms with van der Waals surface area (Å²) in [5.41, 5.74) is 6.20. The minimum atomic E-state index is -4.26. The van der Waals surface area contributed by atoms with Gasteiger partial charge in [0, 0.05) is 0 Å². The monoisotopic (exact) mass is 271 g/mol. The molecule has 4 heteroatoms. The third kappa shape index (κ3) is 3.50. The van der Waals surface area contributed by atoms with Gasteiger partial charge in [-0.3, -0.25) is 0 Å². The van der Waals surface area contributed by atoms with Crippen LogP contribution in [0.2, 0.25) is 0 Å². The Morgan fingerprint density at radius 3 is 2.11 bits per heavy atom. The molecule has 0 aliphatic heterocycles. The molecule has 0 heterocycles. The Morgan fingerprint density at radius 1 is 1.05 bits per heavy atom.